The molecule has 1 fully saturated rings. The molecule has 1 heterocycles. The first-order valence-corrected chi connectivity index (χ1v) is 5.52. The summed E-state index contributed by atoms with van der Waals surface area (Å²) in [7, 11) is 0. The van der Waals surface area contributed by atoms with E-state index in [0.29, 0.717) is 0 Å². The minimum atomic E-state index is 0.0360. The Labute approximate surface area is 91.0 Å². The van der Waals surface area contributed by atoms with Crippen molar-refractivity contribution in [3.8, 4) is 0 Å². The molecule has 0 unspecified atom stereocenters. The molecule has 0 aromatic heterocycles. The van der Waals surface area contributed by atoms with Crippen molar-refractivity contribution < 1.29 is 9.90 Å². The number of hydrogen-bond acceptors (Lipinski definition) is 4. The molecule has 0 spiro atoms. The molecule has 0 bridgehead atoms. The summed E-state index contributed by atoms with van der Waals surface area (Å²) >= 11 is 0. The number of rotatable bonds is 5. The van der Waals surface area contributed by atoms with Crippen molar-refractivity contribution in [3.63, 3.8) is 0 Å². The van der Waals surface area contributed by atoms with Crippen molar-refractivity contribution >= 4 is 5.91 Å². The van der Waals surface area contributed by atoms with Crippen LogP contribution in [0.2, 0.25) is 0 Å². The van der Waals surface area contributed by atoms with Crippen LogP contribution < -0.4 is 5.32 Å². The summed E-state index contributed by atoms with van der Waals surface area (Å²) in [5.41, 5.74) is 0. The zero-order valence-electron chi connectivity index (χ0n) is 9.41. The van der Waals surface area contributed by atoms with Gasteiger partial charge in [0.2, 0.25) is 5.91 Å². The van der Waals surface area contributed by atoms with Crippen LogP contribution in [0.4, 0.5) is 0 Å². The Balaban J connectivity index is 2.06. The van der Waals surface area contributed by atoms with Crippen LogP contribution in [0, 0.1) is 0 Å². The molecule has 0 aromatic carbocycles. The third-order valence-corrected chi connectivity index (χ3v) is 2.68. The van der Waals surface area contributed by atoms with E-state index in [4.69, 9.17) is 5.11 Å². The van der Waals surface area contributed by atoms with E-state index < -0.39 is 0 Å². The molecule has 5 heteroatoms. The quantitative estimate of drug-likeness (QED) is 0.600. The van der Waals surface area contributed by atoms with Gasteiger partial charge in [-0.15, -0.1) is 0 Å². The predicted octanol–water partition coefficient (Wildman–Crippen LogP) is -1.27. The van der Waals surface area contributed by atoms with Gasteiger partial charge in [-0.2, -0.15) is 0 Å². The second kappa shape index (κ2) is 6.76. The maximum Gasteiger partial charge on any atom is 0.216 e. The van der Waals surface area contributed by atoms with Gasteiger partial charge in [-0.3, -0.25) is 14.6 Å². The summed E-state index contributed by atoms with van der Waals surface area (Å²) in [6.07, 6.45) is 0. The normalized spacial score (nSPS) is 19.1. The molecule has 15 heavy (non-hydrogen) atoms. The Bertz CT molecular complexity index is 191. The Hall–Kier alpha value is -0.650. The number of amides is 1. The number of aliphatic hydroxyl groups excluding tert-OH is 1. The first kappa shape index (κ1) is 12.4. The first-order valence-electron chi connectivity index (χ1n) is 5.52. The smallest absolute Gasteiger partial charge is 0.216 e. The summed E-state index contributed by atoms with van der Waals surface area (Å²) in [5.74, 6) is 0.0360. The van der Waals surface area contributed by atoms with Gasteiger partial charge in [0.25, 0.3) is 0 Å². The third kappa shape index (κ3) is 5.11. The molecule has 1 amide bonds. The number of carbonyl (C=O) groups excluding carboxylic acids is 1. The van der Waals surface area contributed by atoms with E-state index in [2.05, 4.69) is 15.1 Å². The minimum Gasteiger partial charge on any atom is -0.395 e. The third-order valence-electron chi connectivity index (χ3n) is 2.68. The Morgan fingerprint density at radius 3 is 2.20 bits per heavy atom. The van der Waals surface area contributed by atoms with Crippen LogP contribution in [-0.2, 0) is 4.79 Å². The van der Waals surface area contributed by atoms with Crippen molar-refractivity contribution in [2.45, 2.75) is 6.92 Å². The van der Waals surface area contributed by atoms with Crippen molar-refractivity contribution in [1.29, 1.82) is 0 Å². The molecule has 0 aliphatic carbocycles. The van der Waals surface area contributed by atoms with E-state index in [1.807, 2.05) is 0 Å². The molecule has 0 aromatic rings. The molecule has 1 saturated heterocycles. The summed E-state index contributed by atoms with van der Waals surface area (Å²) in [6.45, 7) is 8.30. The van der Waals surface area contributed by atoms with Crippen molar-refractivity contribution in [2.75, 3.05) is 52.4 Å². The van der Waals surface area contributed by atoms with Gasteiger partial charge in [-0.25, -0.2) is 0 Å². The van der Waals surface area contributed by atoms with Crippen LogP contribution in [0.1, 0.15) is 6.92 Å². The summed E-state index contributed by atoms with van der Waals surface area (Å²) in [6, 6.07) is 0. The molecule has 2 N–H and O–H groups in total. The average Bonchev–Trinajstić information content (AvgIpc) is 2.20. The average molecular weight is 215 g/mol. The standard InChI is InChI=1S/C10H21N3O2/c1-10(15)11-2-3-12-4-6-13(7-5-12)8-9-14/h14H,2-9H2,1H3,(H,11,15). The summed E-state index contributed by atoms with van der Waals surface area (Å²) in [4.78, 5) is 15.3. The zero-order chi connectivity index (χ0) is 11.1. The van der Waals surface area contributed by atoms with Crippen LogP contribution in [0.25, 0.3) is 0 Å². The van der Waals surface area contributed by atoms with Crippen molar-refractivity contribution in [3.05, 3.63) is 0 Å². The van der Waals surface area contributed by atoms with Gasteiger partial charge < -0.3 is 10.4 Å². The van der Waals surface area contributed by atoms with Crippen LogP contribution in [0.3, 0.4) is 0 Å². The lowest BCUT2D eigenvalue weighted by Crippen LogP contribution is -2.48. The fourth-order valence-corrected chi connectivity index (χ4v) is 1.77. The number of hydrogen-bond donors (Lipinski definition) is 2. The molecule has 0 atom stereocenters. The number of nitrogens with one attached hydrogen (secondary N) is 1. The molecule has 0 radical (unpaired) electrons. The Morgan fingerprint density at radius 2 is 1.73 bits per heavy atom. The molecular weight excluding hydrogens is 194 g/mol. The monoisotopic (exact) mass is 215 g/mol. The van der Waals surface area contributed by atoms with Crippen molar-refractivity contribution in [1.82, 2.24) is 15.1 Å². The fourth-order valence-electron chi connectivity index (χ4n) is 1.77. The van der Waals surface area contributed by atoms with Crippen LogP contribution in [0.15, 0.2) is 0 Å². The van der Waals surface area contributed by atoms with E-state index >= 15 is 0 Å². The van der Waals surface area contributed by atoms with Crippen molar-refractivity contribution in [2.24, 2.45) is 0 Å². The zero-order valence-corrected chi connectivity index (χ0v) is 9.41. The first-order chi connectivity index (χ1) is 7.22. The molecule has 1 aliphatic rings. The number of nitrogens with zero attached hydrogens (tertiary/aromatic N) is 2. The maximum absolute atomic E-state index is 10.7. The Morgan fingerprint density at radius 1 is 1.20 bits per heavy atom. The molecule has 1 aliphatic heterocycles. The lowest BCUT2D eigenvalue weighted by molar-refractivity contribution is -0.119. The number of piperazine rings is 1. The number of β-amino-alcohol motifs (C(OH)–C–C–N with tert-alkyl or cyclic N) is 1. The minimum absolute atomic E-state index is 0.0360. The van der Waals surface area contributed by atoms with E-state index in [0.717, 1.165) is 45.8 Å². The lowest BCUT2D eigenvalue weighted by Gasteiger charge is -2.34. The van der Waals surface area contributed by atoms with Gasteiger partial charge in [0.15, 0.2) is 0 Å². The number of aliphatic hydroxyl groups is 1. The molecule has 1 rings (SSSR count). The van der Waals surface area contributed by atoms with Gasteiger partial charge in [-0.1, -0.05) is 0 Å². The van der Waals surface area contributed by atoms with Crippen LogP contribution >= 0.6 is 0 Å². The van der Waals surface area contributed by atoms with E-state index in [9.17, 15) is 4.79 Å². The van der Waals surface area contributed by atoms with E-state index in [1.54, 1.807) is 6.92 Å². The highest BCUT2D eigenvalue weighted by molar-refractivity contribution is 5.72. The van der Waals surface area contributed by atoms with Crippen LogP contribution in [-0.4, -0.2) is 73.2 Å². The molecule has 88 valence electrons. The Kier molecular flexibility index (Phi) is 5.60. The summed E-state index contributed by atoms with van der Waals surface area (Å²) < 4.78 is 0. The lowest BCUT2D eigenvalue weighted by atomic mass is 10.3. The van der Waals surface area contributed by atoms with Gasteiger partial charge in [0, 0.05) is 52.7 Å². The molecular formula is C10H21N3O2. The van der Waals surface area contributed by atoms with Gasteiger partial charge in [0.1, 0.15) is 0 Å². The summed E-state index contributed by atoms with van der Waals surface area (Å²) in [5, 5.41) is 11.6. The molecule has 5 nitrogen and oxygen atoms in total. The highest BCUT2D eigenvalue weighted by atomic mass is 16.3. The molecule has 0 saturated carbocycles. The predicted molar refractivity (Wildman–Crippen MR) is 58.6 cm³/mol. The van der Waals surface area contributed by atoms with E-state index in [-0.39, 0.29) is 12.5 Å². The topological polar surface area (TPSA) is 55.8 Å². The van der Waals surface area contributed by atoms with Crippen LogP contribution in [0.5, 0.6) is 0 Å². The maximum atomic E-state index is 10.7. The second-order valence-corrected chi connectivity index (χ2v) is 3.89. The van der Waals surface area contributed by atoms with Gasteiger partial charge >= 0.3 is 0 Å². The second-order valence-electron chi connectivity index (χ2n) is 3.89. The highest BCUT2D eigenvalue weighted by Gasteiger charge is 2.15. The SMILES string of the molecule is CC(=O)NCCN1CCN(CCO)CC1. The van der Waals surface area contributed by atoms with Gasteiger partial charge in [-0.05, 0) is 0 Å². The van der Waals surface area contributed by atoms with Gasteiger partial charge in [0.05, 0.1) is 6.61 Å². The highest BCUT2D eigenvalue weighted by Crippen LogP contribution is 1.99. The number of carbonyl (C=O) groups is 1. The fraction of sp³-hybridized carbons (Fsp3) is 0.900. The van der Waals surface area contributed by atoms with E-state index in [1.165, 1.54) is 0 Å². The largest absolute Gasteiger partial charge is 0.395 e.